The maximum atomic E-state index is 4.55. The molecular weight excluding hydrogens is 449 g/mol. The van der Waals surface area contributed by atoms with Gasteiger partial charge in [0.15, 0.2) is 0 Å². The summed E-state index contributed by atoms with van der Waals surface area (Å²) in [7, 11) is 0.759. The first-order valence-corrected chi connectivity index (χ1v) is 11.5. The van der Waals surface area contributed by atoms with Crippen LogP contribution in [-0.4, -0.2) is 50.2 Å². The first kappa shape index (κ1) is 25.4. The zero-order valence-electron chi connectivity index (χ0n) is 9.85. The Labute approximate surface area is 123 Å². The van der Waals surface area contributed by atoms with Crippen molar-refractivity contribution >= 4 is 52.9 Å². The molecule has 0 saturated carbocycles. The molecule has 0 fully saturated rings. The second kappa shape index (κ2) is 24.7. The van der Waals surface area contributed by atoms with Gasteiger partial charge in [-0.05, 0) is 40.0 Å². The normalized spacial score (nSPS) is 8.14. The van der Waals surface area contributed by atoms with Gasteiger partial charge in [-0.3, -0.25) is 0 Å². The topological polar surface area (TPSA) is 0 Å². The summed E-state index contributed by atoms with van der Waals surface area (Å²) in [4.78, 5) is 0. The molecule has 0 N–H and O–H groups in total. The van der Waals surface area contributed by atoms with Crippen molar-refractivity contribution in [2.24, 2.45) is 0 Å². The Morgan fingerprint density at radius 3 is 0.929 bits per heavy atom. The first-order chi connectivity index (χ1) is 5.88. The van der Waals surface area contributed by atoms with Gasteiger partial charge in [0.05, 0.1) is 0 Å². The largest absolute Gasteiger partial charge is 2.00 e. The Morgan fingerprint density at radius 2 is 0.929 bits per heavy atom. The van der Waals surface area contributed by atoms with E-state index in [9.17, 15) is 0 Å². The molecule has 0 bridgehead atoms. The minimum Gasteiger partial charge on any atom is -0.782 e. The standard InChI is InChI=1S/2C3H9P.C2H6S3.Pt/c2*1-4(2)3;3-1-5-2-4;/h2*1-3H3;3-4H,1-2H2;/q;;;+2/p-2. The van der Waals surface area contributed by atoms with E-state index < -0.39 is 0 Å². The number of hydrogen-bond donors (Lipinski definition) is 0. The average Bonchev–Trinajstić information content (AvgIpc) is 1.86. The van der Waals surface area contributed by atoms with Crippen molar-refractivity contribution in [2.75, 3.05) is 50.2 Å². The number of rotatable bonds is 2. The molecule has 0 aromatic rings. The van der Waals surface area contributed by atoms with E-state index in [1.807, 2.05) is 0 Å². The summed E-state index contributed by atoms with van der Waals surface area (Å²) < 4.78 is 0. The second-order valence-electron chi connectivity index (χ2n) is 3.12. The Kier molecular flexibility index (Phi) is 44.9. The SMILES string of the molecule is CP(C)C.CP(C)C.[Pt+2].[S-]CSC[S-]. The van der Waals surface area contributed by atoms with Crippen LogP contribution in [0.5, 0.6) is 0 Å². The zero-order chi connectivity index (χ0) is 11.3. The molecule has 0 aliphatic heterocycles. The fourth-order valence-electron chi connectivity index (χ4n) is 0.0340. The summed E-state index contributed by atoms with van der Waals surface area (Å²) in [5, 5.41) is 1.48. The van der Waals surface area contributed by atoms with Crippen molar-refractivity contribution < 1.29 is 21.1 Å². The van der Waals surface area contributed by atoms with Crippen molar-refractivity contribution in [3.8, 4) is 0 Å². The van der Waals surface area contributed by atoms with Crippen LogP contribution in [0.2, 0.25) is 0 Å². The Morgan fingerprint density at radius 1 is 0.786 bits per heavy atom. The summed E-state index contributed by atoms with van der Waals surface area (Å²) in [6, 6.07) is 0. The summed E-state index contributed by atoms with van der Waals surface area (Å²) in [5.41, 5.74) is 0. The number of thioether (sulfide) groups is 1. The van der Waals surface area contributed by atoms with Gasteiger partial charge < -0.3 is 25.3 Å². The van der Waals surface area contributed by atoms with Gasteiger partial charge >= 0.3 is 21.1 Å². The maximum Gasteiger partial charge on any atom is 2.00 e. The first-order valence-electron chi connectivity index (χ1n) is 3.84. The third-order valence-electron chi connectivity index (χ3n) is 0.167. The minimum atomic E-state index is 0. The van der Waals surface area contributed by atoms with Gasteiger partial charge in [-0.1, -0.05) is 0 Å². The van der Waals surface area contributed by atoms with Crippen LogP contribution in [0.3, 0.4) is 0 Å². The van der Waals surface area contributed by atoms with E-state index in [2.05, 4.69) is 65.2 Å². The molecule has 0 aromatic carbocycles. The van der Waals surface area contributed by atoms with E-state index in [1.165, 1.54) is 0 Å². The molecule has 92 valence electrons. The van der Waals surface area contributed by atoms with Crippen LogP contribution in [0.4, 0.5) is 0 Å². The molecule has 0 heterocycles. The third-order valence-corrected chi connectivity index (χ3v) is 1.50. The Hall–Kier alpha value is 2.60. The van der Waals surface area contributed by atoms with E-state index in [-0.39, 0.29) is 21.1 Å². The molecular formula is C8H22P2PtS3. The summed E-state index contributed by atoms with van der Waals surface area (Å²) in [6.07, 6.45) is 0. The van der Waals surface area contributed by atoms with Crippen LogP contribution in [0, 0.1) is 0 Å². The summed E-state index contributed by atoms with van der Waals surface area (Å²) >= 11 is 10.7. The van der Waals surface area contributed by atoms with Gasteiger partial charge in [-0.25, -0.2) is 11.8 Å². The van der Waals surface area contributed by atoms with Gasteiger partial charge in [-0.2, -0.15) is 0 Å². The van der Waals surface area contributed by atoms with E-state index in [0.29, 0.717) is 15.8 Å². The van der Waals surface area contributed by atoms with Gasteiger partial charge in [0, 0.05) is 0 Å². The van der Waals surface area contributed by atoms with Crippen LogP contribution in [0.25, 0.3) is 0 Å². The van der Waals surface area contributed by atoms with E-state index >= 15 is 0 Å². The quantitative estimate of drug-likeness (QED) is 0.448. The minimum absolute atomic E-state index is 0. The molecule has 0 aliphatic carbocycles. The van der Waals surface area contributed by atoms with Crippen LogP contribution >= 0.6 is 27.6 Å². The molecule has 0 unspecified atom stereocenters. The molecule has 0 aromatic heterocycles. The molecule has 6 heteroatoms. The predicted octanol–water partition coefficient (Wildman–Crippen LogP) is 3.44. The summed E-state index contributed by atoms with van der Waals surface area (Å²) in [5.74, 6) is 0. The van der Waals surface area contributed by atoms with Gasteiger partial charge in [0.25, 0.3) is 0 Å². The molecule has 0 rings (SSSR count). The van der Waals surface area contributed by atoms with Crippen LogP contribution in [-0.2, 0) is 46.3 Å². The molecule has 0 aliphatic rings. The van der Waals surface area contributed by atoms with Crippen molar-refractivity contribution in [3.63, 3.8) is 0 Å². The monoisotopic (exact) mass is 471 g/mol. The maximum absolute atomic E-state index is 4.55. The van der Waals surface area contributed by atoms with E-state index in [1.54, 1.807) is 11.8 Å². The van der Waals surface area contributed by atoms with Crippen molar-refractivity contribution in [1.82, 2.24) is 0 Å². The fraction of sp³-hybridized carbons (Fsp3) is 1.00. The smallest absolute Gasteiger partial charge is 0.782 e. The molecule has 0 atom stereocenters. The van der Waals surface area contributed by atoms with Crippen molar-refractivity contribution in [3.05, 3.63) is 0 Å². The third kappa shape index (κ3) is 128. The Bertz CT molecular complexity index is 62.1. The Balaban J connectivity index is -0.0000000522. The molecule has 0 radical (unpaired) electrons. The molecule has 0 saturated heterocycles. The zero-order valence-corrected chi connectivity index (χ0v) is 16.4. The molecule has 0 nitrogen and oxygen atoms in total. The van der Waals surface area contributed by atoms with Crippen LogP contribution in [0.15, 0.2) is 0 Å². The van der Waals surface area contributed by atoms with Gasteiger partial charge in [0.2, 0.25) is 0 Å². The molecule has 0 spiro atoms. The van der Waals surface area contributed by atoms with Crippen molar-refractivity contribution in [2.45, 2.75) is 0 Å². The average molecular weight is 471 g/mol. The number of hydrogen-bond acceptors (Lipinski definition) is 3. The fourth-order valence-corrected chi connectivity index (χ4v) is 0.919. The van der Waals surface area contributed by atoms with Gasteiger partial charge in [0.1, 0.15) is 0 Å². The van der Waals surface area contributed by atoms with Gasteiger partial charge in [-0.15, -0.1) is 26.0 Å². The molecule has 0 amide bonds. The van der Waals surface area contributed by atoms with Crippen LogP contribution < -0.4 is 0 Å². The molecule has 14 heavy (non-hydrogen) atoms. The van der Waals surface area contributed by atoms with E-state index in [4.69, 9.17) is 0 Å². The van der Waals surface area contributed by atoms with Crippen LogP contribution in [0.1, 0.15) is 0 Å². The summed E-state index contributed by atoms with van der Waals surface area (Å²) in [6.45, 7) is 13.4. The second-order valence-corrected chi connectivity index (χ2v) is 10.8. The predicted molar refractivity (Wildman–Crippen MR) is 81.4 cm³/mol. The van der Waals surface area contributed by atoms with Crippen molar-refractivity contribution in [1.29, 1.82) is 0 Å². The van der Waals surface area contributed by atoms with E-state index in [0.717, 1.165) is 10.2 Å².